The van der Waals surface area contributed by atoms with Crippen LogP contribution in [0, 0.1) is 12.3 Å². The molecule has 0 radical (unpaired) electrons. The standard InChI is InChI=1S/C24H20ClN3O3S/c1-3-12-31-17-10-8-15(9-11-17)18-13-20(29)26-22-21(18)23(30)27-24(28(22)2)32-14-16-6-4-5-7-19(16)25/h1,4-11,18H,12-14H2,2H3,(H,26,29)/t18-/m1/s1. The van der Waals surface area contributed by atoms with E-state index in [1.165, 1.54) is 11.8 Å². The first-order valence-electron chi connectivity index (χ1n) is 9.91. The lowest BCUT2D eigenvalue weighted by atomic mass is 9.87. The number of hydrogen-bond donors (Lipinski definition) is 1. The molecule has 1 atom stereocenters. The fourth-order valence-corrected chi connectivity index (χ4v) is 4.88. The zero-order valence-corrected chi connectivity index (χ0v) is 18.9. The summed E-state index contributed by atoms with van der Waals surface area (Å²) in [5.41, 5.74) is 1.91. The molecule has 2 aromatic carbocycles. The maximum atomic E-state index is 13.1. The maximum absolute atomic E-state index is 13.1. The van der Waals surface area contributed by atoms with Gasteiger partial charge in [-0.05, 0) is 29.3 Å². The normalized spacial score (nSPS) is 14.9. The summed E-state index contributed by atoms with van der Waals surface area (Å²) >= 11 is 7.64. The van der Waals surface area contributed by atoms with Gasteiger partial charge in [0.1, 0.15) is 18.2 Å². The van der Waals surface area contributed by atoms with Crippen molar-refractivity contribution in [3.8, 4) is 18.1 Å². The van der Waals surface area contributed by atoms with Crippen LogP contribution in [0.5, 0.6) is 5.75 Å². The van der Waals surface area contributed by atoms with Crippen molar-refractivity contribution < 1.29 is 9.53 Å². The van der Waals surface area contributed by atoms with Gasteiger partial charge >= 0.3 is 0 Å². The summed E-state index contributed by atoms with van der Waals surface area (Å²) in [6, 6.07) is 14.8. The van der Waals surface area contributed by atoms with E-state index in [1.54, 1.807) is 23.7 Å². The molecule has 0 bridgehead atoms. The third kappa shape index (κ3) is 4.52. The molecule has 0 spiro atoms. The summed E-state index contributed by atoms with van der Waals surface area (Å²) in [7, 11) is 1.79. The Hall–Kier alpha value is -3.21. The van der Waals surface area contributed by atoms with Gasteiger partial charge in [-0.1, -0.05) is 59.6 Å². The number of fused-ring (bicyclic) bond motifs is 1. The third-order valence-electron chi connectivity index (χ3n) is 5.22. The van der Waals surface area contributed by atoms with E-state index < -0.39 is 5.92 Å². The minimum absolute atomic E-state index is 0.154. The van der Waals surface area contributed by atoms with Crippen LogP contribution in [0.25, 0.3) is 0 Å². The van der Waals surface area contributed by atoms with Gasteiger partial charge in [0.05, 0.1) is 5.56 Å². The number of thioether (sulfide) groups is 1. The minimum Gasteiger partial charge on any atom is -0.481 e. The Kier molecular flexibility index (Phi) is 6.54. The molecule has 0 saturated heterocycles. The average molecular weight is 466 g/mol. The van der Waals surface area contributed by atoms with Crippen LogP contribution in [0.1, 0.15) is 29.0 Å². The molecule has 1 aliphatic rings. The van der Waals surface area contributed by atoms with Crippen LogP contribution < -0.4 is 15.6 Å². The van der Waals surface area contributed by atoms with Crippen LogP contribution in [0.2, 0.25) is 5.02 Å². The van der Waals surface area contributed by atoms with Gasteiger partial charge in [0.2, 0.25) is 5.91 Å². The number of carbonyl (C=O) groups excluding carboxylic acids is 1. The first-order chi connectivity index (χ1) is 15.5. The van der Waals surface area contributed by atoms with Crippen molar-refractivity contribution in [2.45, 2.75) is 23.2 Å². The predicted octanol–water partition coefficient (Wildman–Crippen LogP) is 4.21. The van der Waals surface area contributed by atoms with Crippen LogP contribution in [0.3, 0.4) is 0 Å². The molecule has 0 aliphatic carbocycles. The van der Waals surface area contributed by atoms with Crippen molar-refractivity contribution in [1.82, 2.24) is 9.55 Å². The monoisotopic (exact) mass is 465 g/mol. The Morgan fingerprint density at radius 3 is 2.72 bits per heavy atom. The summed E-state index contributed by atoms with van der Waals surface area (Å²) in [5, 5.41) is 4.02. The lowest BCUT2D eigenvalue weighted by Crippen LogP contribution is -2.33. The molecule has 6 nitrogen and oxygen atoms in total. The number of hydrogen-bond acceptors (Lipinski definition) is 5. The van der Waals surface area contributed by atoms with E-state index in [9.17, 15) is 9.59 Å². The van der Waals surface area contributed by atoms with E-state index in [0.717, 1.165) is 11.1 Å². The smallest absolute Gasteiger partial charge is 0.279 e. The van der Waals surface area contributed by atoms with Crippen LogP contribution in [0.4, 0.5) is 5.82 Å². The minimum atomic E-state index is -0.394. The molecule has 162 valence electrons. The molecule has 1 amide bonds. The highest BCUT2D eigenvalue weighted by Gasteiger charge is 2.32. The molecule has 2 heterocycles. The number of halogens is 1. The third-order valence-corrected chi connectivity index (χ3v) is 6.67. The average Bonchev–Trinajstić information content (AvgIpc) is 2.79. The molecule has 1 aliphatic heterocycles. The number of aromatic nitrogens is 2. The number of nitrogens with one attached hydrogen (secondary N) is 1. The van der Waals surface area contributed by atoms with Crippen LogP contribution >= 0.6 is 23.4 Å². The number of terminal acetylenes is 1. The zero-order chi connectivity index (χ0) is 22.7. The van der Waals surface area contributed by atoms with Gasteiger partial charge in [0.15, 0.2) is 5.16 Å². The second-order valence-electron chi connectivity index (χ2n) is 7.27. The van der Waals surface area contributed by atoms with Gasteiger partial charge < -0.3 is 14.6 Å². The van der Waals surface area contributed by atoms with Gasteiger partial charge in [-0.2, -0.15) is 4.98 Å². The van der Waals surface area contributed by atoms with Crippen molar-refractivity contribution >= 4 is 35.1 Å². The number of nitrogens with zero attached hydrogens (tertiary/aromatic N) is 2. The van der Waals surface area contributed by atoms with E-state index >= 15 is 0 Å². The number of carbonyl (C=O) groups is 1. The molecule has 0 unspecified atom stereocenters. The highest BCUT2D eigenvalue weighted by atomic mass is 35.5. The summed E-state index contributed by atoms with van der Waals surface area (Å²) < 4.78 is 7.17. The number of ether oxygens (including phenoxy) is 1. The summed E-state index contributed by atoms with van der Waals surface area (Å²) in [4.78, 5) is 29.9. The topological polar surface area (TPSA) is 73.2 Å². The number of anilines is 1. The summed E-state index contributed by atoms with van der Waals surface area (Å²) in [6.07, 6.45) is 5.39. The van der Waals surface area contributed by atoms with Gasteiger partial charge in [0.25, 0.3) is 5.56 Å². The van der Waals surface area contributed by atoms with Gasteiger partial charge in [0, 0.05) is 30.2 Å². The van der Waals surface area contributed by atoms with E-state index in [0.29, 0.717) is 33.1 Å². The first-order valence-corrected chi connectivity index (χ1v) is 11.3. The molecule has 0 fully saturated rings. The maximum Gasteiger partial charge on any atom is 0.279 e. The Morgan fingerprint density at radius 1 is 1.25 bits per heavy atom. The second kappa shape index (κ2) is 9.51. The first kappa shape index (κ1) is 22.0. The molecular formula is C24H20ClN3O3S. The molecule has 1 N–H and O–H groups in total. The SMILES string of the molecule is C#CCOc1ccc([C@H]2CC(=O)Nc3c2c(=O)nc(SCc2ccccc2Cl)n3C)cc1. The lowest BCUT2D eigenvalue weighted by molar-refractivity contribution is -0.116. The number of rotatable bonds is 6. The van der Waals surface area contributed by atoms with Gasteiger partial charge in [-0.3, -0.25) is 9.59 Å². The van der Waals surface area contributed by atoms with E-state index in [-0.39, 0.29) is 24.5 Å². The Morgan fingerprint density at radius 2 is 2.00 bits per heavy atom. The fraction of sp³-hybridized carbons (Fsp3) is 0.208. The highest BCUT2D eigenvalue weighted by molar-refractivity contribution is 7.98. The number of benzene rings is 2. The Bertz CT molecular complexity index is 1260. The van der Waals surface area contributed by atoms with Crippen LogP contribution in [-0.2, 0) is 17.6 Å². The lowest BCUT2D eigenvalue weighted by Gasteiger charge is -2.27. The van der Waals surface area contributed by atoms with E-state index in [2.05, 4.69) is 16.2 Å². The van der Waals surface area contributed by atoms with E-state index in [4.69, 9.17) is 22.8 Å². The van der Waals surface area contributed by atoms with Crippen LogP contribution in [-0.4, -0.2) is 22.1 Å². The Balaban J connectivity index is 1.66. The zero-order valence-electron chi connectivity index (χ0n) is 17.3. The van der Waals surface area contributed by atoms with Crippen molar-refractivity contribution in [3.63, 3.8) is 0 Å². The molecule has 32 heavy (non-hydrogen) atoms. The van der Waals surface area contributed by atoms with Crippen LogP contribution in [0.15, 0.2) is 58.5 Å². The summed E-state index contributed by atoms with van der Waals surface area (Å²) in [5.74, 6) is 3.52. The molecule has 0 saturated carbocycles. The van der Waals surface area contributed by atoms with Gasteiger partial charge in [-0.25, -0.2) is 0 Å². The van der Waals surface area contributed by atoms with Gasteiger partial charge in [-0.15, -0.1) is 6.42 Å². The van der Waals surface area contributed by atoms with Crippen molar-refractivity contribution in [3.05, 3.63) is 80.6 Å². The van der Waals surface area contributed by atoms with Crippen molar-refractivity contribution in [2.75, 3.05) is 11.9 Å². The molecule has 4 rings (SSSR count). The predicted molar refractivity (Wildman–Crippen MR) is 126 cm³/mol. The van der Waals surface area contributed by atoms with Crippen molar-refractivity contribution in [1.29, 1.82) is 0 Å². The quantitative estimate of drug-likeness (QED) is 0.335. The number of amides is 1. The highest BCUT2D eigenvalue weighted by Crippen LogP contribution is 2.36. The fourth-order valence-electron chi connectivity index (χ4n) is 3.63. The second-order valence-corrected chi connectivity index (χ2v) is 8.62. The molecular weight excluding hydrogens is 446 g/mol. The van der Waals surface area contributed by atoms with Crippen molar-refractivity contribution in [2.24, 2.45) is 7.05 Å². The molecule has 3 aromatic rings. The molecule has 8 heteroatoms. The summed E-state index contributed by atoms with van der Waals surface area (Å²) in [6.45, 7) is 0.174. The Labute approximate surface area is 195 Å². The van der Waals surface area contributed by atoms with E-state index in [1.807, 2.05) is 36.4 Å². The largest absolute Gasteiger partial charge is 0.481 e. The molecule has 1 aromatic heterocycles.